The van der Waals surface area contributed by atoms with Crippen LogP contribution in [-0.2, 0) is 23.1 Å². The van der Waals surface area contributed by atoms with Crippen molar-refractivity contribution in [3.63, 3.8) is 0 Å². The van der Waals surface area contributed by atoms with Gasteiger partial charge in [0.15, 0.2) is 0 Å². The first kappa shape index (κ1) is 15.1. The van der Waals surface area contributed by atoms with Crippen molar-refractivity contribution in [2.45, 2.75) is 43.8 Å². The molecule has 0 radical (unpaired) electrons. The summed E-state index contributed by atoms with van der Waals surface area (Å²) in [5, 5.41) is 6.13. The van der Waals surface area contributed by atoms with Crippen molar-refractivity contribution in [1.82, 2.24) is 15.0 Å². The van der Waals surface area contributed by atoms with Crippen LogP contribution in [0.15, 0.2) is 22.5 Å². The molecule has 21 heavy (non-hydrogen) atoms. The van der Waals surface area contributed by atoms with Crippen molar-refractivity contribution >= 4 is 32.7 Å². The Balaban J connectivity index is 1.67. The Morgan fingerprint density at radius 1 is 1.38 bits per heavy atom. The smallest absolute Gasteiger partial charge is 0.242 e. The molecule has 0 aromatic carbocycles. The first-order valence-corrected chi connectivity index (χ1v) is 9.93. The molecule has 3 rings (SSSR count). The number of rotatable bonds is 7. The third kappa shape index (κ3) is 3.89. The number of thiophene rings is 1. The van der Waals surface area contributed by atoms with Crippen LogP contribution in [0, 0.1) is 6.92 Å². The predicted octanol–water partition coefficient (Wildman–Crippen LogP) is 2.24. The van der Waals surface area contributed by atoms with E-state index in [9.17, 15) is 8.42 Å². The lowest BCUT2D eigenvalue weighted by molar-refractivity contribution is 0.579. The van der Waals surface area contributed by atoms with Crippen LogP contribution in [0.4, 0.5) is 0 Å². The number of nitrogens with zero attached hydrogens (tertiary/aromatic N) is 1. The Morgan fingerprint density at radius 2 is 2.19 bits per heavy atom. The molecule has 0 saturated heterocycles. The van der Waals surface area contributed by atoms with E-state index in [2.05, 4.69) is 15.0 Å². The first-order valence-electron chi connectivity index (χ1n) is 6.75. The SMILES string of the molecule is Cc1ncc(CNS(=O)(=O)c2ccsc2CNC2CC2)s1. The zero-order valence-corrected chi connectivity index (χ0v) is 14.1. The van der Waals surface area contributed by atoms with Crippen LogP contribution in [-0.4, -0.2) is 19.4 Å². The molecule has 0 aliphatic heterocycles. The van der Waals surface area contributed by atoms with E-state index in [-0.39, 0.29) is 0 Å². The van der Waals surface area contributed by atoms with Crippen molar-refractivity contribution in [1.29, 1.82) is 0 Å². The molecule has 1 aliphatic rings. The summed E-state index contributed by atoms with van der Waals surface area (Å²) >= 11 is 2.99. The fourth-order valence-electron chi connectivity index (χ4n) is 1.95. The molecule has 1 aliphatic carbocycles. The summed E-state index contributed by atoms with van der Waals surface area (Å²) in [5.74, 6) is 0. The van der Waals surface area contributed by atoms with E-state index in [1.165, 1.54) is 35.5 Å². The standard InChI is InChI=1S/C13H17N3O2S3/c1-9-14-6-11(20-9)7-16-21(17,18)13-4-5-19-12(13)8-15-10-2-3-10/h4-6,10,15-16H,2-3,7-8H2,1H3. The van der Waals surface area contributed by atoms with Gasteiger partial charge in [-0.05, 0) is 31.2 Å². The van der Waals surface area contributed by atoms with Gasteiger partial charge < -0.3 is 5.32 Å². The van der Waals surface area contributed by atoms with Gasteiger partial charge in [0.2, 0.25) is 10.0 Å². The maximum atomic E-state index is 12.4. The minimum absolute atomic E-state index is 0.291. The number of nitrogens with one attached hydrogen (secondary N) is 2. The third-order valence-electron chi connectivity index (χ3n) is 3.23. The minimum Gasteiger partial charge on any atom is -0.309 e. The van der Waals surface area contributed by atoms with Crippen molar-refractivity contribution < 1.29 is 8.42 Å². The average Bonchev–Trinajstić information content (AvgIpc) is 2.97. The third-order valence-corrected chi connectivity index (χ3v) is 6.68. The minimum atomic E-state index is -3.46. The van der Waals surface area contributed by atoms with Crippen LogP contribution < -0.4 is 10.0 Å². The molecule has 2 heterocycles. The summed E-state index contributed by atoms with van der Waals surface area (Å²) in [6.45, 7) is 2.82. The van der Waals surface area contributed by atoms with E-state index in [1.54, 1.807) is 12.3 Å². The van der Waals surface area contributed by atoms with E-state index in [4.69, 9.17) is 0 Å². The van der Waals surface area contributed by atoms with Crippen LogP contribution in [0.2, 0.25) is 0 Å². The molecular formula is C13H17N3O2S3. The highest BCUT2D eigenvalue weighted by molar-refractivity contribution is 7.89. The number of aryl methyl sites for hydroxylation is 1. The highest BCUT2D eigenvalue weighted by atomic mass is 32.2. The molecule has 2 aromatic rings. The molecule has 8 heteroatoms. The number of aromatic nitrogens is 1. The molecule has 0 unspecified atom stereocenters. The van der Waals surface area contributed by atoms with Gasteiger partial charge in [-0.15, -0.1) is 22.7 Å². The molecule has 1 saturated carbocycles. The van der Waals surface area contributed by atoms with Crippen molar-refractivity contribution in [2.75, 3.05) is 0 Å². The Bertz CT molecular complexity index is 717. The molecule has 1 fully saturated rings. The molecule has 0 atom stereocenters. The fraction of sp³-hybridized carbons (Fsp3) is 0.462. The molecule has 114 valence electrons. The van der Waals surface area contributed by atoms with E-state index in [1.807, 2.05) is 12.3 Å². The van der Waals surface area contributed by atoms with E-state index in [0.717, 1.165) is 14.8 Å². The fourth-order valence-corrected chi connectivity index (χ4v) is 5.18. The maximum Gasteiger partial charge on any atom is 0.242 e. The second kappa shape index (κ2) is 6.13. The topological polar surface area (TPSA) is 71.1 Å². The zero-order valence-electron chi connectivity index (χ0n) is 11.6. The molecule has 2 N–H and O–H groups in total. The number of hydrogen-bond donors (Lipinski definition) is 2. The van der Waals surface area contributed by atoms with Crippen molar-refractivity contribution in [3.05, 3.63) is 32.4 Å². The quantitative estimate of drug-likeness (QED) is 0.809. The number of thiazole rings is 1. The van der Waals surface area contributed by atoms with Crippen molar-refractivity contribution in [2.24, 2.45) is 0 Å². The summed E-state index contributed by atoms with van der Waals surface area (Å²) in [6, 6.07) is 2.24. The van der Waals surface area contributed by atoms with Gasteiger partial charge in [0.1, 0.15) is 0 Å². The Labute approximate surface area is 132 Å². The Morgan fingerprint density at radius 3 is 2.86 bits per heavy atom. The molecule has 0 amide bonds. The van der Waals surface area contributed by atoms with E-state index in [0.29, 0.717) is 24.0 Å². The predicted molar refractivity (Wildman–Crippen MR) is 85.1 cm³/mol. The lowest BCUT2D eigenvalue weighted by Crippen LogP contribution is -2.24. The van der Waals surface area contributed by atoms with Crippen LogP contribution in [0.25, 0.3) is 0 Å². The molecule has 5 nitrogen and oxygen atoms in total. The Kier molecular flexibility index (Phi) is 4.41. The van der Waals surface area contributed by atoms with Crippen molar-refractivity contribution in [3.8, 4) is 0 Å². The average molecular weight is 343 g/mol. The van der Waals surface area contributed by atoms with Gasteiger partial charge >= 0.3 is 0 Å². The summed E-state index contributed by atoms with van der Waals surface area (Å²) in [4.78, 5) is 6.31. The van der Waals surface area contributed by atoms with Gasteiger partial charge in [0.05, 0.1) is 9.90 Å². The monoisotopic (exact) mass is 343 g/mol. The highest BCUT2D eigenvalue weighted by Crippen LogP contribution is 2.25. The number of sulfonamides is 1. The summed E-state index contributed by atoms with van der Waals surface area (Å²) in [7, 11) is -3.46. The van der Waals surface area contributed by atoms with Crippen LogP contribution in [0.3, 0.4) is 0 Å². The first-order chi connectivity index (χ1) is 10.0. The second-order valence-electron chi connectivity index (χ2n) is 5.03. The molecule has 0 bridgehead atoms. The van der Waals surface area contributed by atoms with E-state index < -0.39 is 10.0 Å². The van der Waals surface area contributed by atoms with Gasteiger partial charge in [0, 0.05) is 35.1 Å². The van der Waals surface area contributed by atoms with Crippen LogP contribution >= 0.6 is 22.7 Å². The molecule has 2 aromatic heterocycles. The van der Waals surface area contributed by atoms with Gasteiger partial charge in [-0.25, -0.2) is 18.1 Å². The van der Waals surface area contributed by atoms with Gasteiger partial charge in [-0.3, -0.25) is 0 Å². The second-order valence-corrected chi connectivity index (χ2v) is 9.09. The Hall–Kier alpha value is -0.800. The lowest BCUT2D eigenvalue weighted by Gasteiger charge is -2.07. The zero-order chi connectivity index (χ0) is 14.9. The summed E-state index contributed by atoms with van der Waals surface area (Å²) in [5.41, 5.74) is 0. The highest BCUT2D eigenvalue weighted by Gasteiger charge is 2.23. The molecular weight excluding hydrogens is 326 g/mol. The molecule has 0 spiro atoms. The maximum absolute atomic E-state index is 12.4. The lowest BCUT2D eigenvalue weighted by atomic mass is 10.4. The van der Waals surface area contributed by atoms with Crippen LogP contribution in [0.5, 0.6) is 0 Å². The van der Waals surface area contributed by atoms with Gasteiger partial charge in [-0.1, -0.05) is 0 Å². The van der Waals surface area contributed by atoms with Crippen LogP contribution in [0.1, 0.15) is 27.6 Å². The van der Waals surface area contributed by atoms with E-state index >= 15 is 0 Å². The number of hydrogen-bond acceptors (Lipinski definition) is 6. The normalized spacial score (nSPS) is 15.5. The summed E-state index contributed by atoms with van der Waals surface area (Å²) in [6.07, 6.45) is 4.10. The largest absolute Gasteiger partial charge is 0.309 e. The van der Waals surface area contributed by atoms with Gasteiger partial charge in [0.25, 0.3) is 0 Å². The van der Waals surface area contributed by atoms with Gasteiger partial charge in [-0.2, -0.15) is 0 Å². The summed E-state index contributed by atoms with van der Waals surface area (Å²) < 4.78 is 27.5.